The van der Waals surface area contributed by atoms with E-state index in [9.17, 15) is 9.18 Å². The number of benzene rings is 1. The van der Waals surface area contributed by atoms with Crippen LogP contribution in [0.4, 0.5) is 4.39 Å². The number of hydrogen-bond donors (Lipinski definition) is 0. The van der Waals surface area contributed by atoms with E-state index in [0.717, 1.165) is 17.6 Å². The van der Waals surface area contributed by atoms with Gasteiger partial charge < -0.3 is 0 Å². The number of carbonyl (C=O) groups excluding carboxylic acids is 1. The van der Waals surface area contributed by atoms with Crippen LogP contribution in [0.5, 0.6) is 0 Å². The lowest BCUT2D eigenvalue weighted by molar-refractivity contribution is 0.0988. The Labute approximate surface area is 89.6 Å². The highest BCUT2D eigenvalue weighted by Gasteiger charge is 2.12. The molecule has 0 heterocycles. The van der Waals surface area contributed by atoms with E-state index >= 15 is 0 Å². The minimum absolute atomic E-state index is 0.171. The van der Waals surface area contributed by atoms with Crippen LogP contribution in [0.3, 0.4) is 0 Å². The molecule has 0 amide bonds. The van der Waals surface area contributed by atoms with Crippen molar-refractivity contribution in [1.29, 1.82) is 0 Å². The molecule has 0 N–H and O–H groups in total. The Kier molecular flexibility index (Phi) is 3.78. The highest BCUT2D eigenvalue weighted by Crippen LogP contribution is 2.15. The van der Waals surface area contributed by atoms with Crippen molar-refractivity contribution in [3.8, 4) is 0 Å². The van der Waals surface area contributed by atoms with Gasteiger partial charge in [-0.05, 0) is 25.5 Å². The number of allylic oxidation sites excluding steroid dienone is 1. The van der Waals surface area contributed by atoms with Gasteiger partial charge in [-0.25, -0.2) is 4.39 Å². The molecule has 1 rings (SSSR count). The fourth-order valence-electron chi connectivity index (χ4n) is 1.30. The summed E-state index contributed by atoms with van der Waals surface area (Å²) in [4.78, 5) is 11.7. The summed E-state index contributed by atoms with van der Waals surface area (Å²) in [5, 5.41) is 0. The van der Waals surface area contributed by atoms with Crippen molar-refractivity contribution in [2.45, 2.75) is 26.7 Å². The van der Waals surface area contributed by atoms with Crippen molar-refractivity contribution < 1.29 is 9.18 Å². The molecule has 0 aromatic heterocycles. The number of ketones is 1. The second-order valence-corrected chi connectivity index (χ2v) is 3.69. The van der Waals surface area contributed by atoms with E-state index in [1.54, 1.807) is 12.1 Å². The molecule has 0 unspecified atom stereocenters. The Hall–Kier alpha value is -1.44. The summed E-state index contributed by atoms with van der Waals surface area (Å²) < 4.78 is 13.3. The summed E-state index contributed by atoms with van der Waals surface area (Å²) in [6.45, 7) is 7.52. The van der Waals surface area contributed by atoms with E-state index in [2.05, 4.69) is 6.58 Å². The van der Waals surface area contributed by atoms with Crippen molar-refractivity contribution in [3.05, 3.63) is 47.3 Å². The average Bonchev–Trinajstić information content (AvgIpc) is 2.21. The first kappa shape index (κ1) is 11.6. The first-order chi connectivity index (χ1) is 7.04. The molecule has 15 heavy (non-hydrogen) atoms. The van der Waals surface area contributed by atoms with Crippen LogP contribution in [-0.4, -0.2) is 5.78 Å². The van der Waals surface area contributed by atoms with Gasteiger partial charge in [0.2, 0.25) is 0 Å². The minimum atomic E-state index is -0.450. The number of Topliss-reactive ketones (excluding diaryl/α,β-unsaturated/α-hetero) is 1. The van der Waals surface area contributed by atoms with Crippen LogP contribution < -0.4 is 0 Å². The van der Waals surface area contributed by atoms with Crippen LogP contribution in [0.15, 0.2) is 30.4 Å². The largest absolute Gasteiger partial charge is 0.294 e. The van der Waals surface area contributed by atoms with E-state index in [1.165, 1.54) is 6.07 Å². The Balaban J connectivity index is 2.91. The predicted octanol–water partition coefficient (Wildman–Crippen LogP) is 3.67. The van der Waals surface area contributed by atoms with Crippen molar-refractivity contribution in [3.63, 3.8) is 0 Å². The number of hydrogen-bond acceptors (Lipinski definition) is 1. The van der Waals surface area contributed by atoms with Crippen LogP contribution in [0.1, 0.15) is 35.7 Å². The van der Waals surface area contributed by atoms with Gasteiger partial charge in [-0.3, -0.25) is 4.79 Å². The third-order valence-corrected chi connectivity index (χ3v) is 2.33. The van der Waals surface area contributed by atoms with Crippen LogP contribution >= 0.6 is 0 Å². The summed E-state index contributed by atoms with van der Waals surface area (Å²) in [5.74, 6) is -0.641. The standard InChI is InChI=1S/C13H15FO/c1-4-9(2)8-13(15)11-7-10(3)5-6-12(11)14/h5-7H,2,4,8H2,1,3H3. The second kappa shape index (κ2) is 4.87. The second-order valence-electron chi connectivity index (χ2n) is 3.69. The molecule has 0 bridgehead atoms. The van der Waals surface area contributed by atoms with E-state index in [1.807, 2.05) is 13.8 Å². The van der Waals surface area contributed by atoms with Gasteiger partial charge >= 0.3 is 0 Å². The molecular formula is C13H15FO. The monoisotopic (exact) mass is 206 g/mol. The Morgan fingerprint density at radius 3 is 2.73 bits per heavy atom. The third-order valence-electron chi connectivity index (χ3n) is 2.33. The molecule has 1 nitrogen and oxygen atoms in total. The average molecular weight is 206 g/mol. The van der Waals surface area contributed by atoms with Gasteiger partial charge in [-0.2, -0.15) is 0 Å². The first-order valence-electron chi connectivity index (χ1n) is 5.00. The molecule has 2 heteroatoms. The zero-order valence-electron chi connectivity index (χ0n) is 9.14. The fraction of sp³-hybridized carbons (Fsp3) is 0.308. The molecule has 0 aliphatic rings. The number of aryl methyl sites for hydroxylation is 1. The molecule has 0 fully saturated rings. The van der Waals surface area contributed by atoms with Gasteiger partial charge in [0.25, 0.3) is 0 Å². The molecule has 0 radical (unpaired) electrons. The predicted molar refractivity (Wildman–Crippen MR) is 59.5 cm³/mol. The molecule has 0 spiro atoms. The maximum Gasteiger partial charge on any atom is 0.169 e. The highest BCUT2D eigenvalue weighted by atomic mass is 19.1. The lowest BCUT2D eigenvalue weighted by Crippen LogP contribution is -2.03. The van der Waals surface area contributed by atoms with E-state index in [4.69, 9.17) is 0 Å². The summed E-state index contributed by atoms with van der Waals surface area (Å²) in [7, 11) is 0. The van der Waals surface area contributed by atoms with Gasteiger partial charge in [0.05, 0.1) is 5.56 Å². The lowest BCUT2D eigenvalue weighted by Gasteiger charge is -2.04. The Morgan fingerprint density at radius 1 is 1.47 bits per heavy atom. The molecule has 0 aliphatic carbocycles. The minimum Gasteiger partial charge on any atom is -0.294 e. The summed E-state index contributed by atoms with van der Waals surface area (Å²) in [5.41, 5.74) is 1.90. The lowest BCUT2D eigenvalue weighted by atomic mass is 10.0. The van der Waals surface area contributed by atoms with Gasteiger partial charge in [0.1, 0.15) is 5.82 Å². The quantitative estimate of drug-likeness (QED) is 0.542. The van der Waals surface area contributed by atoms with Gasteiger partial charge in [-0.1, -0.05) is 30.7 Å². The first-order valence-corrected chi connectivity index (χ1v) is 5.00. The zero-order chi connectivity index (χ0) is 11.4. The summed E-state index contributed by atoms with van der Waals surface area (Å²) >= 11 is 0. The van der Waals surface area contributed by atoms with Crippen LogP contribution in [0.25, 0.3) is 0 Å². The van der Waals surface area contributed by atoms with Crippen LogP contribution in [-0.2, 0) is 0 Å². The van der Waals surface area contributed by atoms with E-state index in [0.29, 0.717) is 0 Å². The number of carbonyl (C=O) groups is 1. The van der Waals surface area contributed by atoms with Crippen LogP contribution in [0.2, 0.25) is 0 Å². The SMILES string of the molecule is C=C(CC)CC(=O)c1cc(C)ccc1F. The van der Waals surface area contributed by atoms with Gasteiger partial charge in [0.15, 0.2) is 5.78 Å². The molecule has 80 valence electrons. The topological polar surface area (TPSA) is 17.1 Å². The van der Waals surface area contributed by atoms with Crippen molar-refractivity contribution in [2.75, 3.05) is 0 Å². The van der Waals surface area contributed by atoms with Gasteiger partial charge in [0, 0.05) is 6.42 Å². The van der Waals surface area contributed by atoms with E-state index < -0.39 is 5.82 Å². The van der Waals surface area contributed by atoms with Crippen LogP contribution in [0, 0.1) is 12.7 Å². The Morgan fingerprint density at radius 2 is 2.13 bits per heavy atom. The molecular weight excluding hydrogens is 191 g/mol. The van der Waals surface area contributed by atoms with Crippen molar-refractivity contribution in [2.24, 2.45) is 0 Å². The highest BCUT2D eigenvalue weighted by molar-refractivity contribution is 5.97. The third kappa shape index (κ3) is 3.01. The number of rotatable bonds is 4. The van der Waals surface area contributed by atoms with Gasteiger partial charge in [-0.15, -0.1) is 0 Å². The zero-order valence-corrected chi connectivity index (χ0v) is 9.14. The summed E-state index contributed by atoms with van der Waals surface area (Å²) in [6.07, 6.45) is 0.982. The molecule has 0 aliphatic heterocycles. The molecule has 1 aromatic rings. The normalized spacial score (nSPS) is 10.1. The number of halogens is 1. The Bertz CT molecular complexity index is 394. The molecule has 0 saturated carbocycles. The maximum atomic E-state index is 13.3. The fourth-order valence-corrected chi connectivity index (χ4v) is 1.30. The molecule has 1 aromatic carbocycles. The molecule has 0 saturated heterocycles. The van der Waals surface area contributed by atoms with Crippen molar-refractivity contribution in [1.82, 2.24) is 0 Å². The maximum absolute atomic E-state index is 13.3. The van der Waals surface area contributed by atoms with E-state index in [-0.39, 0.29) is 17.8 Å². The van der Waals surface area contributed by atoms with Crippen molar-refractivity contribution >= 4 is 5.78 Å². The summed E-state index contributed by atoms with van der Waals surface area (Å²) in [6, 6.07) is 4.57. The smallest absolute Gasteiger partial charge is 0.169 e. The molecule has 0 atom stereocenters.